The Bertz CT molecular complexity index is 973. The number of aromatic nitrogens is 2. The molecular formula is C19H16Cl2N2O4. The second-order valence-electron chi connectivity index (χ2n) is 5.78. The molecule has 0 fully saturated rings. The van der Waals surface area contributed by atoms with Crippen molar-refractivity contribution >= 4 is 46.0 Å². The fourth-order valence-corrected chi connectivity index (χ4v) is 3.39. The van der Waals surface area contributed by atoms with E-state index in [2.05, 4.69) is 10.2 Å². The number of benzene rings is 2. The Kier molecular flexibility index (Phi) is 5.98. The van der Waals surface area contributed by atoms with Crippen LogP contribution < -0.4 is 0 Å². The van der Waals surface area contributed by atoms with E-state index in [9.17, 15) is 9.59 Å². The minimum atomic E-state index is -1.13. The molecule has 0 aliphatic heterocycles. The maximum Gasteiger partial charge on any atom is 0.347 e. The molecule has 0 unspecified atom stereocenters. The number of fused-ring (bicyclic) bond motifs is 1. The van der Waals surface area contributed by atoms with Crippen molar-refractivity contribution in [2.45, 2.75) is 18.4 Å². The smallest absolute Gasteiger partial charge is 0.347 e. The molecule has 0 spiro atoms. The van der Waals surface area contributed by atoms with Gasteiger partial charge in [0, 0.05) is 17.7 Å². The number of hydrogen-bond donors (Lipinski definition) is 1. The number of methoxy groups -OCH3 is 1. The quantitative estimate of drug-likeness (QED) is 0.495. The second-order valence-corrected chi connectivity index (χ2v) is 6.45. The zero-order valence-corrected chi connectivity index (χ0v) is 15.9. The van der Waals surface area contributed by atoms with E-state index >= 15 is 0 Å². The predicted octanol–water partition coefficient (Wildman–Crippen LogP) is 3.90. The van der Waals surface area contributed by atoms with Crippen LogP contribution in [0.4, 0.5) is 0 Å². The van der Waals surface area contributed by atoms with Crippen molar-refractivity contribution in [3.05, 3.63) is 64.3 Å². The molecule has 140 valence electrons. The van der Waals surface area contributed by atoms with Crippen LogP contribution >= 0.6 is 23.2 Å². The van der Waals surface area contributed by atoms with Gasteiger partial charge in [0.25, 0.3) is 0 Å². The molecular weight excluding hydrogens is 391 g/mol. The van der Waals surface area contributed by atoms with Gasteiger partial charge in [-0.3, -0.25) is 5.10 Å². The van der Waals surface area contributed by atoms with Gasteiger partial charge in [0.2, 0.25) is 6.10 Å². The standard InChI is InChI=1S/C19H16Cl2N2O4/c1-26-19(25)16(27-18(24)11-5-3-2-4-6-11)8-12-7-15(21)17-14(10-22-23-17)13(12)9-20/h2-7,10,16H,8-9H2,1H3,(H,22,23)/t16-/m1/s1. The van der Waals surface area contributed by atoms with Crippen LogP contribution in [-0.2, 0) is 26.6 Å². The fraction of sp³-hybridized carbons (Fsp3) is 0.211. The van der Waals surface area contributed by atoms with Crippen molar-refractivity contribution in [3.63, 3.8) is 0 Å². The molecule has 0 radical (unpaired) electrons. The van der Waals surface area contributed by atoms with E-state index in [1.807, 2.05) is 0 Å². The summed E-state index contributed by atoms with van der Waals surface area (Å²) in [6.07, 6.45) is 0.560. The van der Waals surface area contributed by atoms with Crippen LogP contribution in [0.15, 0.2) is 42.6 Å². The Morgan fingerprint density at radius 2 is 2.00 bits per heavy atom. The molecule has 2 aromatic carbocycles. The van der Waals surface area contributed by atoms with Crippen molar-refractivity contribution in [1.29, 1.82) is 0 Å². The largest absolute Gasteiger partial charge is 0.466 e. The van der Waals surface area contributed by atoms with E-state index in [-0.39, 0.29) is 12.3 Å². The third kappa shape index (κ3) is 4.07. The van der Waals surface area contributed by atoms with Gasteiger partial charge in [-0.05, 0) is 29.3 Å². The van der Waals surface area contributed by atoms with Crippen molar-refractivity contribution in [3.8, 4) is 0 Å². The summed E-state index contributed by atoms with van der Waals surface area (Å²) in [6, 6.07) is 10.1. The Morgan fingerprint density at radius 3 is 2.67 bits per heavy atom. The summed E-state index contributed by atoms with van der Waals surface area (Å²) in [5, 5.41) is 7.99. The highest BCUT2D eigenvalue weighted by atomic mass is 35.5. The lowest BCUT2D eigenvalue weighted by molar-refractivity contribution is -0.150. The number of nitrogens with zero attached hydrogens (tertiary/aromatic N) is 1. The molecule has 8 heteroatoms. The molecule has 1 heterocycles. The SMILES string of the molecule is COC(=O)[C@@H](Cc1cc(Cl)c2[nH]ncc2c1CCl)OC(=O)c1ccccc1. The molecule has 1 N–H and O–H groups in total. The molecule has 0 amide bonds. The van der Waals surface area contributed by atoms with Crippen LogP contribution in [-0.4, -0.2) is 35.3 Å². The van der Waals surface area contributed by atoms with Gasteiger partial charge in [0.05, 0.1) is 29.4 Å². The van der Waals surface area contributed by atoms with Crippen molar-refractivity contribution < 1.29 is 19.1 Å². The van der Waals surface area contributed by atoms with Gasteiger partial charge in [0.1, 0.15) is 0 Å². The average molecular weight is 407 g/mol. The third-order valence-electron chi connectivity index (χ3n) is 4.15. The van der Waals surface area contributed by atoms with Gasteiger partial charge in [-0.25, -0.2) is 9.59 Å². The van der Waals surface area contributed by atoms with Gasteiger partial charge in [-0.2, -0.15) is 5.10 Å². The molecule has 0 bridgehead atoms. The van der Waals surface area contributed by atoms with E-state index in [1.165, 1.54) is 7.11 Å². The molecule has 1 atom stereocenters. The van der Waals surface area contributed by atoms with Gasteiger partial charge in [0.15, 0.2) is 0 Å². The number of carbonyl (C=O) groups excluding carboxylic acids is 2. The maximum atomic E-state index is 12.4. The number of alkyl halides is 1. The lowest BCUT2D eigenvalue weighted by Crippen LogP contribution is -2.31. The zero-order chi connectivity index (χ0) is 19.4. The highest BCUT2D eigenvalue weighted by Crippen LogP contribution is 2.30. The lowest BCUT2D eigenvalue weighted by atomic mass is 9.99. The molecule has 0 aliphatic rings. The Labute approximate surface area is 165 Å². The van der Waals surface area contributed by atoms with E-state index in [0.29, 0.717) is 21.7 Å². The normalized spacial score (nSPS) is 12.0. The van der Waals surface area contributed by atoms with Crippen LogP contribution in [0.3, 0.4) is 0 Å². The zero-order valence-electron chi connectivity index (χ0n) is 14.4. The molecule has 1 aromatic heterocycles. The molecule has 0 saturated heterocycles. The molecule has 27 heavy (non-hydrogen) atoms. The number of halogens is 2. The first kappa shape index (κ1) is 19.2. The number of ether oxygens (including phenoxy) is 2. The number of carbonyl (C=O) groups is 2. The number of esters is 2. The van der Waals surface area contributed by atoms with Crippen molar-refractivity contribution in [1.82, 2.24) is 10.2 Å². The molecule has 0 aliphatic carbocycles. The van der Waals surface area contributed by atoms with Gasteiger partial charge in [-0.1, -0.05) is 29.8 Å². The summed E-state index contributed by atoms with van der Waals surface area (Å²) in [5.74, 6) is -1.10. The first-order valence-corrected chi connectivity index (χ1v) is 8.99. The third-order valence-corrected chi connectivity index (χ3v) is 4.72. The van der Waals surface area contributed by atoms with E-state index in [4.69, 9.17) is 32.7 Å². The fourth-order valence-electron chi connectivity index (χ4n) is 2.80. The van der Waals surface area contributed by atoms with Crippen LogP contribution in [0.5, 0.6) is 0 Å². The molecule has 6 nitrogen and oxygen atoms in total. The average Bonchev–Trinajstić information content (AvgIpc) is 3.18. The maximum absolute atomic E-state index is 12.4. The van der Waals surface area contributed by atoms with Gasteiger partial charge < -0.3 is 9.47 Å². The second kappa shape index (κ2) is 8.41. The van der Waals surface area contributed by atoms with Crippen molar-refractivity contribution in [2.24, 2.45) is 0 Å². The molecule has 3 rings (SSSR count). The van der Waals surface area contributed by atoms with Crippen LogP contribution in [0, 0.1) is 0 Å². The summed E-state index contributed by atoms with van der Waals surface area (Å²) in [5.41, 5.74) is 2.44. The van der Waals surface area contributed by atoms with E-state index in [1.54, 1.807) is 42.6 Å². The number of H-pyrrole nitrogens is 1. The monoisotopic (exact) mass is 406 g/mol. The number of rotatable bonds is 6. The van der Waals surface area contributed by atoms with Gasteiger partial charge in [-0.15, -0.1) is 11.6 Å². The Morgan fingerprint density at radius 1 is 1.26 bits per heavy atom. The minimum Gasteiger partial charge on any atom is -0.466 e. The first-order chi connectivity index (χ1) is 13.0. The number of aromatic amines is 1. The van der Waals surface area contributed by atoms with Crippen LogP contribution in [0.2, 0.25) is 5.02 Å². The summed E-state index contributed by atoms with van der Waals surface area (Å²) in [4.78, 5) is 24.6. The Balaban J connectivity index is 1.92. The number of hydrogen-bond acceptors (Lipinski definition) is 5. The summed E-state index contributed by atoms with van der Waals surface area (Å²) in [7, 11) is 1.24. The predicted molar refractivity (Wildman–Crippen MR) is 102 cm³/mol. The van der Waals surface area contributed by atoms with Crippen LogP contribution in [0.25, 0.3) is 10.9 Å². The highest BCUT2D eigenvalue weighted by molar-refractivity contribution is 6.35. The molecule has 3 aromatic rings. The van der Waals surface area contributed by atoms with E-state index < -0.39 is 18.0 Å². The number of nitrogens with one attached hydrogen (secondary N) is 1. The van der Waals surface area contributed by atoms with E-state index in [0.717, 1.165) is 10.9 Å². The molecule has 0 saturated carbocycles. The van der Waals surface area contributed by atoms with Crippen LogP contribution in [0.1, 0.15) is 21.5 Å². The first-order valence-electron chi connectivity index (χ1n) is 8.08. The highest BCUT2D eigenvalue weighted by Gasteiger charge is 2.27. The Hall–Kier alpha value is -2.57. The minimum absolute atomic E-state index is 0.0775. The topological polar surface area (TPSA) is 81.3 Å². The van der Waals surface area contributed by atoms with Gasteiger partial charge >= 0.3 is 11.9 Å². The van der Waals surface area contributed by atoms with Crippen molar-refractivity contribution in [2.75, 3.05) is 7.11 Å². The summed E-state index contributed by atoms with van der Waals surface area (Å²) < 4.78 is 10.2. The lowest BCUT2D eigenvalue weighted by Gasteiger charge is -2.18. The summed E-state index contributed by atoms with van der Waals surface area (Å²) in [6.45, 7) is 0. The summed E-state index contributed by atoms with van der Waals surface area (Å²) >= 11 is 12.4.